The van der Waals surface area contributed by atoms with Gasteiger partial charge in [0.2, 0.25) is 5.28 Å². The monoisotopic (exact) mass is 268 g/mol. The molecular formula is C16H13ClN2. The first kappa shape index (κ1) is 12.0. The van der Waals surface area contributed by atoms with Crippen molar-refractivity contribution in [1.82, 2.24) is 9.55 Å². The summed E-state index contributed by atoms with van der Waals surface area (Å²) in [5.41, 5.74) is 4.14. The highest BCUT2D eigenvalue weighted by molar-refractivity contribution is 6.29. The van der Waals surface area contributed by atoms with Crippen molar-refractivity contribution in [2.75, 3.05) is 0 Å². The molecule has 3 rings (SSSR count). The molecule has 0 aliphatic heterocycles. The van der Waals surface area contributed by atoms with Crippen LogP contribution in [0.4, 0.5) is 0 Å². The normalized spacial score (nSPS) is 10.6. The van der Waals surface area contributed by atoms with Crippen molar-refractivity contribution in [2.45, 2.75) is 0 Å². The van der Waals surface area contributed by atoms with E-state index in [0.29, 0.717) is 5.28 Å². The topological polar surface area (TPSA) is 17.8 Å². The number of hydrogen-bond donors (Lipinski definition) is 0. The lowest BCUT2D eigenvalue weighted by Crippen LogP contribution is -1.92. The highest BCUT2D eigenvalue weighted by Crippen LogP contribution is 2.33. The second-order valence-electron chi connectivity index (χ2n) is 4.37. The van der Waals surface area contributed by atoms with E-state index in [0.717, 1.165) is 22.5 Å². The predicted molar refractivity (Wildman–Crippen MR) is 79.1 cm³/mol. The molecule has 3 heteroatoms. The lowest BCUT2D eigenvalue weighted by molar-refractivity contribution is 0.922. The van der Waals surface area contributed by atoms with Crippen molar-refractivity contribution < 1.29 is 0 Å². The van der Waals surface area contributed by atoms with E-state index in [1.54, 1.807) is 0 Å². The van der Waals surface area contributed by atoms with E-state index in [-0.39, 0.29) is 0 Å². The summed E-state index contributed by atoms with van der Waals surface area (Å²) >= 11 is 6.19. The van der Waals surface area contributed by atoms with Crippen molar-refractivity contribution in [1.29, 1.82) is 0 Å². The Morgan fingerprint density at radius 2 is 1.37 bits per heavy atom. The maximum absolute atomic E-state index is 6.19. The van der Waals surface area contributed by atoms with Gasteiger partial charge in [0.25, 0.3) is 0 Å². The molecular weight excluding hydrogens is 256 g/mol. The van der Waals surface area contributed by atoms with Gasteiger partial charge in [0, 0.05) is 18.2 Å². The minimum Gasteiger partial charge on any atom is -0.317 e. The Morgan fingerprint density at radius 1 is 0.842 bits per heavy atom. The molecule has 1 heterocycles. The SMILES string of the molecule is Cn1c(Cl)nc(-c2ccccc2)c1-c1ccccc1. The van der Waals surface area contributed by atoms with E-state index >= 15 is 0 Å². The highest BCUT2D eigenvalue weighted by Gasteiger charge is 2.16. The van der Waals surface area contributed by atoms with Crippen molar-refractivity contribution in [3.63, 3.8) is 0 Å². The maximum atomic E-state index is 6.19. The van der Waals surface area contributed by atoms with Crippen molar-refractivity contribution in [3.05, 3.63) is 65.9 Å². The smallest absolute Gasteiger partial charge is 0.203 e. The van der Waals surface area contributed by atoms with Gasteiger partial charge >= 0.3 is 0 Å². The lowest BCUT2D eigenvalue weighted by Gasteiger charge is -2.06. The molecule has 19 heavy (non-hydrogen) atoms. The molecule has 94 valence electrons. The first-order chi connectivity index (χ1) is 9.27. The van der Waals surface area contributed by atoms with E-state index in [9.17, 15) is 0 Å². The molecule has 0 bridgehead atoms. The molecule has 0 spiro atoms. The first-order valence-electron chi connectivity index (χ1n) is 6.10. The number of nitrogens with zero attached hydrogens (tertiary/aromatic N) is 2. The van der Waals surface area contributed by atoms with Gasteiger partial charge in [-0.25, -0.2) is 4.98 Å². The molecule has 1 aromatic heterocycles. The van der Waals surface area contributed by atoms with Crippen LogP contribution >= 0.6 is 11.6 Å². The standard InChI is InChI=1S/C16H13ClN2/c1-19-15(13-10-6-3-7-11-13)14(18-16(19)17)12-8-4-2-5-9-12/h2-11H,1H3. The van der Waals surface area contributed by atoms with Crippen LogP contribution in [0.15, 0.2) is 60.7 Å². The van der Waals surface area contributed by atoms with E-state index in [1.807, 2.05) is 60.1 Å². The van der Waals surface area contributed by atoms with Gasteiger partial charge in [0.05, 0.1) is 11.4 Å². The van der Waals surface area contributed by atoms with Crippen LogP contribution < -0.4 is 0 Å². The second-order valence-corrected chi connectivity index (χ2v) is 4.71. The second kappa shape index (κ2) is 4.90. The Kier molecular flexibility index (Phi) is 3.10. The number of aromatic nitrogens is 2. The Labute approximate surface area is 117 Å². The predicted octanol–water partition coefficient (Wildman–Crippen LogP) is 4.41. The summed E-state index contributed by atoms with van der Waals surface area (Å²) in [6, 6.07) is 20.3. The third kappa shape index (κ3) is 2.15. The van der Waals surface area contributed by atoms with Crippen molar-refractivity contribution >= 4 is 11.6 Å². The first-order valence-corrected chi connectivity index (χ1v) is 6.48. The maximum Gasteiger partial charge on any atom is 0.203 e. The van der Waals surface area contributed by atoms with Crippen LogP contribution in [-0.2, 0) is 7.05 Å². The molecule has 0 saturated carbocycles. The van der Waals surface area contributed by atoms with Crippen LogP contribution in [0.5, 0.6) is 0 Å². The van der Waals surface area contributed by atoms with Gasteiger partial charge in [0.1, 0.15) is 0 Å². The molecule has 0 aliphatic carbocycles. The number of halogens is 1. The quantitative estimate of drug-likeness (QED) is 0.673. The molecule has 2 aromatic carbocycles. The largest absolute Gasteiger partial charge is 0.317 e. The third-order valence-corrected chi connectivity index (χ3v) is 3.47. The molecule has 0 amide bonds. The van der Waals surface area contributed by atoms with E-state index in [1.165, 1.54) is 0 Å². The number of rotatable bonds is 2. The van der Waals surface area contributed by atoms with Crippen LogP contribution in [-0.4, -0.2) is 9.55 Å². The van der Waals surface area contributed by atoms with Crippen LogP contribution in [0.2, 0.25) is 5.28 Å². The fraction of sp³-hybridized carbons (Fsp3) is 0.0625. The van der Waals surface area contributed by atoms with Crippen LogP contribution in [0, 0.1) is 0 Å². The molecule has 0 aliphatic rings. The van der Waals surface area contributed by atoms with E-state index in [2.05, 4.69) is 17.1 Å². The molecule has 0 unspecified atom stereocenters. The van der Waals surface area contributed by atoms with Gasteiger partial charge in [-0.1, -0.05) is 60.7 Å². The Balaban J connectivity index is 2.25. The molecule has 0 fully saturated rings. The summed E-state index contributed by atoms with van der Waals surface area (Å²) in [5, 5.41) is 0.498. The molecule has 0 N–H and O–H groups in total. The molecule has 0 saturated heterocycles. The minimum atomic E-state index is 0.498. The zero-order valence-electron chi connectivity index (χ0n) is 10.5. The summed E-state index contributed by atoms with van der Waals surface area (Å²) in [4.78, 5) is 4.49. The molecule has 0 radical (unpaired) electrons. The zero-order valence-corrected chi connectivity index (χ0v) is 11.3. The van der Waals surface area contributed by atoms with Gasteiger partial charge in [-0.3, -0.25) is 0 Å². The average molecular weight is 269 g/mol. The lowest BCUT2D eigenvalue weighted by atomic mass is 10.1. The summed E-state index contributed by atoms with van der Waals surface area (Å²) in [5.74, 6) is 0. The molecule has 0 atom stereocenters. The van der Waals surface area contributed by atoms with Gasteiger partial charge in [-0.2, -0.15) is 0 Å². The van der Waals surface area contributed by atoms with Crippen molar-refractivity contribution in [3.8, 4) is 22.5 Å². The Bertz CT molecular complexity index is 688. The van der Waals surface area contributed by atoms with Gasteiger partial charge in [0.15, 0.2) is 0 Å². The summed E-state index contributed by atoms with van der Waals surface area (Å²) in [7, 11) is 1.93. The van der Waals surface area contributed by atoms with Crippen molar-refractivity contribution in [2.24, 2.45) is 7.05 Å². The third-order valence-electron chi connectivity index (χ3n) is 3.14. The van der Waals surface area contributed by atoms with E-state index < -0.39 is 0 Å². The number of imidazole rings is 1. The molecule has 3 aromatic rings. The fourth-order valence-electron chi connectivity index (χ4n) is 2.19. The van der Waals surface area contributed by atoms with Gasteiger partial charge in [-0.05, 0) is 11.6 Å². The van der Waals surface area contributed by atoms with Crippen LogP contribution in [0.1, 0.15) is 0 Å². The molecule has 2 nitrogen and oxygen atoms in total. The van der Waals surface area contributed by atoms with Gasteiger partial charge in [-0.15, -0.1) is 0 Å². The summed E-state index contributed by atoms with van der Waals surface area (Å²) in [6.45, 7) is 0. The summed E-state index contributed by atoms with van der Waals surface area (Å²) < 4.78 is 1.92. The Hall–Kier alpha value is -2.06. The van der Waals surface area contributed by atoms with Gasteiger partial charge < -0.3 is 4.57 Å². The summed E-state index contributed by atoms with van der Waals surface area (Å²) in [6.07, 6.45) is 0. The zero-order chi connectivity index (χ0) is 13.2. The number of benzene rings is 2. The number of hydrogen-bond acceptors (Lipinski definition) is 1. The van der Waals surface area contributed by atoms with E-state index in [4.69, 9.17) is 11.6 Å². The Morgan fingerprint density at radius 3 is 1.95 bits per heavy atom. The highest BCUT2D eigenvalue weighted by atomic mass is 35.5. The minimum absolute atomic E-state index is 0.498. The average Bonchev–Trinajstić information content (AvgIpc) is 2.77. The van der Waals surface area contributed by atoms with Crippen LogP contribution in [0.3, 0.4) is 0 Å². The van der Waals surface area contributed by atoms with Crippen LogP contribution in [0.25, 0.3) is 22.5 Å². The fourth-order valence-corrected chi connectivity index (χ4v) is 2.36.